The number of amides is 2. The number of carbonyl (C=O) groups is 2. The van der Waals surface area contributed by atoms with Crippen LogP contribution in [0.2, 0.25) is 0 Å². The van der Waals surface area contributed by atoms with Crippen LogP contribution < -0.4 is 5.56 Å². The van der Waals surface area contributed by atoms with E-state index in [1.165, 1.54) is 0 Å². The van der Waals surface area contributed by atoms with Gasteiger partial charge in [-0.1, -0.05) is 31.0 Å². The zero-order valence-corrected chi connectivity index (χ0v) is 18.4. The molecule has 0 spiro atoms. The van der Waals surface area contributed by atoms with E-state index in [2.05, 4.69) is 4.98 Å². The average Bonchev–Trinajstić information content (AvgIpc) is 3.38. The lowest BCUT2D eigenvalue weighted by molar-refractivity contribution is -0.136. The normalized spacial score (nSPS) is 21.4. The van der Waals surface area contributed by atoms with Crippen LogP contribution in [0.5, 0.6) is 0 Å². The standard InChI is InChI=1S/C25H30N4O3/c30-23-19-16-28(24(31)17-10-4-5-11-17)15-13-20(19)26-22(27-23)21-12-6-7-14-29(21)25(32)18-8-2-1-3-9-18/h1-3,8-9,17,21H,4-7,10-16H2,(H,26,27,30). The van der Waals surface area contributed by atoms with Gasteiger partial charge in [0.2, 0.25) is 5.91 Å². The van der Waals surface area contributed by atoms with E-state index in [9.17, 15) is 14.4 Å². The number of piperidine rings is 1. The molecule has 5 rings (SSSR count). The minimum absolute atomic E-state index is 0.0241. The number of rotatable bonds is 3. The highest BCUT2D eigenvalue weighted by Crippen LogP contribution is 2.31. The summed E-state index contributed by atoms with van der Waals surface area (Å²) in [5, 5.41) is 0. The van der Waals surface area contributed by atoms with Crippen molar-refractivity contribution in [2.24, 2.45) is 5.92 Å². The summed E-state index contributed by atoms with van der Waals surface area (Å²) in [5.41, 5.74) is 1.85. The molecule has 0 radical (unpaired) electrons. The Morgan fingerprint density at radius 1 is 0.969 bits per heavy atom. The fraction of sp³-hybridized carbons (Fsp3) is 0.520. The molecule has 3 heterocycles. The molecule has 2 aromatic rings. The van der Waals surface area contributed by atoms with Crippen LogP contribution in [0.25, 0.3) is 0 Å². The summed E-state index contributed by atoms with van der Waals surface area (Å²) >= 11 is 0. The second kappa shape index (κ2) is 8.88. The zero-order chi connectivity index (χ0) is 22.1. The number of nitrogens with zero attached hydrogens (tertiary/aromatic N) is 3. The summed E-state index contributed by atoms with van der Waals surface area (Å²) in [5.74, 6) is 0.850. The molecule has 32 heavy (non-hydrogen) atoms. The van der Waals surface area contributed by atoms with Crippen molar-refractivity contribution in [3.8, 4) is 0 Å². The van der Waals surface area contributed by atoms with Gasteiger partial charge in [-0.05, 0) is 44.2 Å². The molecule has 2 aliphatic heterocycles. The molecule has 1 atom stereocenters. The van der Waals surface area contributed by atoms with Gasteiger partial charge in [0, 0.05) is 31.0 Å². The van der Waals surface area contributed by atoms with Gasteiger partial charge in [0.25, 0.3) is 11.5 Å². The first-order valence-corrected chi connectivity index (χ1v) is 11.9. The Labute approximate surface area is 187 Å². The van der Waals surface area contributed by atoms with Crippen molar-refractivity contribution in [3.05, 3.63) is 63.3 Å². The molecule has 2 amide bonds. The lowest BCUT2D eigenvalue weighted by Gasteiger charge is -2.36. The van der Waals surface area contributed by atoms with Crippen LogP contribution in [0, 0.1) is 5.92 Å². The van der Waals surface area contributed by atoms with E-state index in [1.54, 1.807) is 0 Å². The maximum absolute atomic E-state index is 13.2. The molecular formula is C25H30N4O3. The highest BCUT2D eigenvalue weighted by atomic mass is 16.2. The fourth-order valence-corrected chi connectivity index (χ4v) is 5.43. The molecule has 2 fully saturated rings. The van der Waals surface area contributed by atoms with Crippen LogP contribution in [0.1, 0.15) is 78.4 Å². The third kappa shape index (κ3) is 3.96. The molecule has 1 saturated carbocycles. The molecule has 7 heteroatoms. The summed E-state index contributed by atoms with van der Waals surface area (Å²) in [7, 11) is 0. The number of likely N-dealkylation sites (tertiary alicyclic amines) is 1. The van der Waals surface area contributed by atoms with Gasteiger partial charge >= 0.3 is 0 Å². The third-order valence-corrected chi connectivity index (χ3v) is 7.20. The predicted molar refractivity (Wildman–Crippen MR) is 120 cm³/mol. The lowest BCUT2D eigenvalue weighted by atomic mass is 9.98. The van der Waals surface area contributed by atoms with E-state index in [0.717, 1.165) is 50.6 Å². The van der Waals surface area contributed by atoms with Gasteiger partial charge in [-0.2, -0.15) is 0 Å². The summed E-state index contributed by atoms with van der Waals surface area (Å²) < 4.78 is 0. The van der Waals surface area contributed by atoms with Crippen LogP contribution in [-0.2, 0) is 17.8 Å². The Balaban J connectivity index is 1.39. The summed E-state index contributed by atoms with van der Waals surface area (Å²) in [6.45, 7) is 1.60. The highest BCUT2D eigenvalue weighted by Gasteiger charge is 2.34. The largest absolute Gasteiger partial charge is 0.337 e. The molecule has 7 nitrogen and oxygen atoms in total. The fourth-order valence-electron chi connectivity index (χ4n) is 5.43. The predicted octanol–water partition coefficient (Wildman–Crippen LogP) is 3.21. The second-order valence-corrected chi connectivity index (χ2v) is 9.24. The van der Waals surface area contributed by atoms with Crippen molar-refractivity contribution in [1.82, 2.24) is 19.8 Å². The number of aromatic nitrogens is 2. The molecule has 3 aliphatic rings. The smallest absolute Gasteiger partial charge is 0.256 e. The SMILES string of the molecule is O=C(C1CCCC1)N1CCc2nc(C3CCCCN3C(=O)c3ccccc3)[nH]c(=O)c2C1. The number of hydrogen-bond donors (Lipinski definition) is 1. The zero-order valence-electron chi connectivity index (χ0n) is 18.4. The number of H-pyrrole nitrogens is 1. The Hall–Kier alpha value is -2.96. The molecule has 168 valence electrons. The van der Waals surface area contributed by atoms with Gasteiger partial charge in [-0.25, -0.2) is 4.98 Å². The van der Waals surface area contributed by atoms with E-state index < -0.39 is 0 Å². The van der Waals surface area contributed by atoms with Crippen LogP contribution in [0.3, 0.4) is 0 Å². The number of aromatic amines is 1. The maximum Gasteiger partial charge on any atom is 0.256 e. The van der Waals surface area contributed by atoms with Crippen molar-refractivity contribution in [1.29, 1.82) is 0 Å². The summed E-state index contributed by atoms with van der Waals surface area (Å²) in [6, 6.07) is 9.05. The average molecular weight is 435 g/mol. The first-order chi connectivity index (χ1) is 15.6. The van der Waals surface area contributed by atoms with Gasteiger partial charge in [0.1, 0.15) is 5.82 Å². The van der Waals surface area contributed by atoms with Crippen molar-refractivity contribution < 1.29 is 9.59 Å². The van der Waals surface area contributed by atoms with Crippen LogP contribution in [0.4, 0.5) is 0 Å². The summed E-state index contributed by atoms with van der Waals surface area (Å²) in [6.07, 6.45) is 7.47. The Morgan fingerprint density at radius 2 is 1.72 bits per heavy atom. The number of hydrogen-bond acceptors (Lipinski definition) is 4. The maximum atomic E-state index is 13.2. The van der Waals surface area contributed by atoms with Gasteiger partial charge < -0.3 is 14.8 Å². The molecule has 0 bridgehead atoms. The number of benzene rings is 1. The van der Waals surface area contributed by atoms with Crippen LogP contribution in [-0.4, -0.2) is 44.7 Å². The van der Waals surface area contributed by atoms with E-state index >= 15 is 0 Å². The minimum Gasteiger partial charge on any atom is -0.337 e. The first-order valence-electron chi connectivity index (χ1n) is 11.9. The van der Waals surface area contributed by atoms with Gasteiger partial charge in [0.05, 0.1) is 23.8 Å². The lowest BCUT2D eigenvalue weighted by Crippen LogP contribution is -2.43. The highest BCUT2D eigenvalue weighted by molar-refractivity contribution is 5.94. The summed E-state index contributed by atoms with van der Waals surface area (Å²) in [4.78, 5) is 50.5. The van der Waals surface area contributed by atoms with E-state index in [-0.39, 0.29) is 29.3 Å². The van der Waals surface area contributed by atoms with Crippen LogP contribution >= 0.6 is 0 Å². The van der Waals surface area contributed by atoms with E-state index in [1.807, 2.05) is 40.1 Å². The Bertz CT molecular complexity index is 1060. The monoisotopic (exact) mass is 434 g/mol. The number of nitrogens with one attached hydrogen (secondary N) is 1. The number of fused-ring (bicyclic) bond motifs is 1. The van der Waals surface area contributed by atoms with E-state index in [4.69, 9.17) is 4.98 Å². The number of carbonyl (C=O) groups excluding carboxylic acids is 2. The third-order valence-electron chi connectivity index (χ3n) is 7.20. The van der Waals surface area contributed by atoms with Crippen molar-refractivity contribution >= 4 is 11.8 Å². The second-order valence-electron chi connectivity index (χ2n) is 9.24. The molecule has 1 saturated heterocycles. The van der Waals surface area contributed by atoms with E-state index in [0.29, 0.717) is 43.0 Å². The van der Waals surface area contributed by atoms with Gasteiger partial charge in [0.15, 0.2) is 0 Å². The quantitative estimate of drug-likeness (QED) is 0.804. The molecule has 1 unspecified atom stereocenters. The van der Waals surface area contributed by atoms with Crippen molar-refractivity contribution in [2.45, 2.75) is 64.0 Å². The molecule has 1 aromatic heterocycles. The Kier molecular flexibility index (Phi) is 5.81. The molecule has 1 aliphatic carbocycles. The van der Waals surface area contributed by atoms with Crippen LogP contribution in [0.15, 0.2) is 35.1 Å². The van der Waals surface area contributed by atoms with Crippen molar-refractivity contribution in [3.63, 3.8) is 0 Å². The molecular weight excluding hydrogens is 404 g/mol. The topological polar surface area (TPSA) is 86.4 Å². The van der Waals surface area contributed by atoms with Crippen molar-refractivity contribution in [2.75, 3.05) is 13.1 Å². The van der Waals surface area contributed by atoms with Gasteiger partial charge in [-0.3, -0.25) is 14.4 Å². The minimum atomic E-state index is -0.229. The van der Waals surface area contributed by atoms with Gasteiger partial charge in [-0.15, -0.1) is 0 Å². The first kappa shape index (κ1) is 20.9. The molecule has 1 aromatic carbocycles. The molecule has 1 N–H and O–H groups in total. The Morgan fingerprint density at radius 3 is 2.50 bits per heavy atom.